The number of hydrogen-bond acceptors (Lipinski definition) is 3. The lowest BCUT2D eigenvalue weighted by Crippen LogP contribution is -1.93. The van der Waals surface area contributed by atoms with E-state index in [2.05, 4.69) is 27.4 Å². The highest BCUT2D eigenvalue weighted by molar-refractivity contribution is 7.78. The Kier molecular flexibility index (Phi) is 3.87. The summed E-state index contributed by atoms with van der Waals surface area (Å²) in [5.41, 5.74) is 1.89. The van der Waals surface area contributed by atoms with Crippen LogP contribution in [0.15, 0.2) is 41.5 Å². The molecule has 0 fully saturated rings. The Labute approximate surface area is 108 Å². The van der Waals surface area contributed by atoms with E-state index in [1.54, 1.807) is 18.3 Å². The third-order valence-electron chi connectivity index (χ3n) is 2.41. The molecule has 0 saturated carbocycles. The number of benzene rings is 1. The molecule has 1 aromatic carbocycles. The molecule has 5 heteroatoms. The Hall–Kier alpha value is -1.97. The van der Waals surface area contributed by atoms with Gasteiger partial charge in [0.2, 0.25) is 0 Å². The van der Waals surface area contributed by atoms with E-state index in [9.17, 15) is 8.78 Å². The molecule has 90 valence electrons. The average Bonchev–Trinajstić information content (AvgIpc) is 2.40. The zero-order valence-electron chi connectivity index (χ0n) is 9.23. The van der Waals surface area contributed by atoms with Gasteiger partial charge >= 0.3 is 0 Å². The number of hydrogen-bond donors (Lipinski definition) is 0. The quantitative estimate of drug-likeness (QED) is 0.623. The van der Waals surface area contributed by atoms with E-state index in [4.69, 9.17) is 0 Å². The van der Waals surface area contributed by atoms with Crippen LogP contribution in [0.2, 0.25) is 0 Å². The molecule has 0 amide bonds. The molecule has 0 aliphatic rings. The fourth-order valence-corrected chi connectivity index (χ4v) is 1.66. The number of aliphatic imine (C=N–C) groups is 1. The Morgan fingerprint density at radius 3 is 2.78 bits per heavy atom. The fourth-order valence-electron chi connectivity index (χ4n) is 1.60. The third-order valence-corrected chi connectivity index (χ3v) is 2.54. The zero-order chi connectivity index (χ0) is 13.0. The van der Waals surface area contributed by atoms with E-state index < -0.39 is 11.6 Å². The summed E-state index contributed by atoms with van der Waals surface area (Å²) in [6, 6.07) is 7.22. The molecule has 0 bridgehead atoms. The molecule has 1 heterocycles. The van der Waals surface area contributed by atoms with Crippen molar-refractivity contribution < 1.29 is 8.78 Å². The molecule has 1 aromatic heterocycles. The van der Waals surface area contributed by atoms with Crippen LogP contribution in [0.1, 0.15) is 5.69 Å². The molecule has 0 radical (unpaired) electrons. The summed E-state index contributed by atoms with van der Waals surface area (Å²) in [5.74, 6) is -1.76. The largest absolute Gasteiger partial charge is 0.259 e. The molecule has 0 aliphatic heterocycles. The number of aromatic nitrogens is 1. The highest BCUT2D eigenvalue weighted by Crippen LogP contribution is 2.24. The first kappa shape index (κ1) is 12.5. The molecule has 0 aliphatic carbocycles. The van der Waals surface area contributed by atoms with Crippen LogP contribution >= 0.6 is 12.2 Å². The molecule has 2 nitrogen and oxygen atoms in total. The summed E-state index contributed by atoms with van der Waals surface area (Å²) in [5, 5.41) is 2.25. The Balaban J connectivity index is 2.49. The molecule has 0 N–H and O–H groups in total. The first-order valence-electron chi connectivity index (χ1n) is 5.15. The number of isothiocyanates is 1. The molecule has 2 aromatic rings. The van der Waals surface area contributed by atoms with Crippen molar-refractivity contribution >= 4 is 17.4 Å². The van der Waals surface area contributed by atoms with Crippen molar-refractivity contribution in [2.24, 2.45) is 4.99 Å². The van der Waals surface area contributed by atoms with Crippen LogP contribution in [0.25, 0.3) is 11.1 Å². The maximum Gasteiger partial charge on any atom is 0.159 e. The third kappa shape index (κ3) is 2.64. The van der Waals surface area contributed by atoms with Crippen LogP contribution in [0.5, 0.6) is 0 Å². The van der Waals surface area contributed by atoms with Gasteiger partial charge in [-0.05, 0) is 36.0 Å². The van der Waals surface area contributed by atoms with E-state index >= 15 is 0 Å². The normalized spacial score (nSPS) is 9.89. The van der Waals surface area contributed by atoms with E-state index in [1.165, 1.54) is 6.07 Å². The van der Waals surface area contributed by atoms with Gasteiger partial charge in [-0.3, -0.25) is 4.98 Å². The van der Waals surface area contributed by atoms with Gasteiger partial charge in [-0.2, -0.15) is 0 Å². The van der Waals surface area contributed by atoms with Crippen molar-refractivity contribution in [1.29, 1.82) is 0 Å². The molecular formula is C13H8F2N2S. The molecule has 0 atom stereocenters. The number of rotatable bonds is 3. The number of halogens is 2. The molecule has 0 spiro atoms. The maximum atomic E-state index is 13.2. The Bertz CT molecular complexity index is 622. The maximum absolute atomic E-state index is 13.2. The lowest BCUT2D eigenvalue weighted by atomic mass is 10.0. The smallest absolute Gasteiger partial charge is 0.159 e. The van der Waals surface area contributed by atoms with Crippen molar-refractivity contribution in [3.63, 3.8) is 0 Å². The average molecular weight is 262 g/mol. The Morgan fingerprint density at radius 1 is 1.22 bits per heavy atom. The topological polar surface area (TPSA) is 25.2 Å². The summed E-state index contributed by atoms with van der Waals surface area (Å²) in [6.45, 7) is 0.263. The lowest BCUT2D eigenvalue weighted by Gasteiger charge is -2.06. The summed E-state index contributed by atoms with van der Waals surface area (Å²) in [6.07, 6.45) is 1.61. The predicted molar refractivity (Wildman–Crippen MR) is 68.3 cm³/mol. The summed E-state index contributed by atoms with van der Waals surface area (Å²) >= 11 is 4.49. The van der Waals surface area contributed by atoms with E-state index in [0.717, 1.165) is 12.1 Å². The van der Waals surface area contributed by atoms with Crippen molar-refractivity contribution in [2.75, 3.05) is 0 Å². The second kappa shape index (κ2) is 5.58. The van der Waals surface area contributed by atoms with Crippen LogP contribution in [-0.4, -0.2) is 10.1 Å². The first-order valence-corrected chi connectivity index (χ1v) is 5.56. The van der Waals surface area contributed by atoms with E-state index in [1.807, 2.05) is 0 Å². The van der Waals surface area contributed by atoms with Crippen LogP contribution in [0.4, 0.5) is 8.78 Å². The number of pyridine rings is 1. The monoisotopic (exact) mass is 262 g/mol. The van der Waals surface area contributed by atoms with Crippen LogP contribution in [0.3, 0.4) is 0 Å². The number of thiocarbonyl (C=S) groups is 1. The molecule has 0 unspecified atom stereocenters. The van der Waals surface area contributed by atoms with Gasteiger partial charge < -0.3 is 0 Å². The lowest BCUT2D eigenvalue weighted by molar-refractivity contribution is 0.509. The van der Waals surface area contributed by atoms with Crippen molar-refractivity contribution in [2.45, 2.75) is 6.54 Å². The minimum Gasteiger partial charge on any atom is -0.259 e. The standard InChI is InChI=1S/C13H8F2N2S/c14-11-4-3-9(6-12(11)15)10-2-1-5-17-13(10)7-16-8-18/h1-6H,7H2. The minimum absolute atomic E-state index is 0.263. The molecule has 0 saturated heterocycles. The fraction of sp³-hybridized carbons (Fsp3) is 0.0769. The van der Waals surface area contributed by atoms with E-state index in [0.29, 0.717) is 16.8 Å². The van der Waals surface area contributed by atoms with Gasteiger partial charge in [-0.15, -0.1) is 0 Å². The summed E-state index contributed by atoms with van der Waals surface area (Å²) in [7, 11) is 0. The highest BCUT2D eigenvalue weighted by atomic mass is 32.1. The van der Waals surface area contributed by atoms with Gasteiger partial charge in [0.05, 0.1) is 17.4 Å². The molecule has 18 heavy (non-hydrogen) atoms. The molecular weight excluding hydrogens is 254 g/mol. The van der Waals surface area contributed by atoms with Crippen molar-refractivity contribution in [3.05, 3.63) is 53.9 Å². The molecule has 2 rings (SSSR count). The second-order valence-electron chi connectivity index (χ2n) is 3.53. The van der Waals surface area contributed by atoms with Crippen LogP contribution in [-0.2, 0) is 6.54 Å². The SMILES string of the molecule is Fc1ccc(-c2cccnc2CN=C=S)cc1F. The summed E-state index contributed by atoms with van der Waals surface area (Å²) < 4.78 is 26.1. The Morgan fingerprint density at radius 2 is 2.06 bits per heavy atom. The van der Waals surface area contributed by atoms with Gasteiger partial charge in [-0.25, -0.2) is 13.8 Å². The minimum atomic E-state index is -0.888. The van der Waals surface area contributed by atoms with Gasteiger partial charge in [0.15, 0.2) is 11.6 Å². The van der Waals surface area contributed by atoms with Crippen molar-refractivity contribution in [3.8, 4) is 11.1 Å². The van der Waals surface area contributed by atoms with Crippen molar-refractivity contribution in [1.82, 2.24) is 4.98 Å². The summed E-state index contributed by atoms with van der Waals surface area (Å²) in [4.78, 5) is 7.95. The van der Waals surface area contributed by atoms with Gasteiger partial charge in [0.25, 0.3) is 0 Å². The van der Waals surface area contributed by atoms with Gasteiger partial charge in [-0.1, -0.05) is 12.1 Å². The van der Waals surface area contributed by atoms with Crippen LogP contribution in [0, 0.1) is 11.6 Å². The highest BCUT2D eigenvalue weighted by Gasteiger charge is 2.08. The second-order valence-corrected chi connectivity index (χ2v) is 3.72. The number of nitrogens with zero attached hydrogens (tertiary/aromatic N) is 2. The van der Waals surface area contributed by atoms with E-state index in [-0.39, 0.29) is 6.54 Å². The van der Waals surface area contributed by atoms with Gasteiger partial charge in [0, 0.05) is 11.8 Å². The predicted octanol–water partition coefficient (Wildman–Crippen LogP) is 3.63. The zero-order valence-corrected chi connectivity index (χ0v) is 10.0. The van der Waals surface area contributed by atoms with Crippen LogP contribution < -0.4 is 0 Å². The first-order chi connectivity index (χ1) is 8.72. The van der Waals surface area contributed by atoms with Gasteiger partial charge in [0.1, 0.15) is 0 Å².